The Morgan fingerprint density at radius 2 is 1.80 bits per heavy atom. The topological polar surface area (TPSA) is 58.6 Å². The van der Waals surface area contributed by atoms with Crippen molar-refractivity contribution in [1.29, 1.82) is 0 Å². The van der Waals surface area contributed by atoms with Gasteiger partial charge in [0, 0.05) is 13.1 Å². The van der Waals surface area contributed by atoms with Gasteiger partial charge in [-0.2, -0.15) is 0 Å². The zero-order chi connectivity index (χ0) is 22.3. The van der Waals surface area contributed by atoms with Crippen LogP contribution in [0.15, 0.2) is 36.4 Å². The molecule has 1 atom stereocenters. The number of hydrogen-bond donors (Lipinski definition) is 1. The number of nitrogens with one attached hydrogen (secondary N) is 1. The minimum Gasteiger partial charge on any atom is -0.483 e. The highest BCUT2D eigenvalue weighted by Crippen LogP contribution is 2.24. The van der Waals surface area contributed by atoms with Crippen LogP contribution in [0, 0.1) is 13.8 Å². The molecule has 0 saturated heterocycles. The van der Waals surface area contributed by atoms with E-state index in [-0.39, 0.29) is 25.0 Å². The summed E-state index contributed by atoms with van der Waals surface area (Å²) < 4.78 is 5.81. The number of benzene rings is 2. The fourth-order valence-electron chi connectivity index (χ4n) is 3.13. The van der Waals surface area contributed by atoms with E-state index in [2.05, 4.69) is 5.32 Å². The van der Waals surface area contributed by atoms with Crippen LogP contribution in [0.5, 0.6) is 5.75 Å². The van der Waals surface area contributed by atoms with Crippen molar-refractivity contribution < 1.29 is 14.3 Å². The molecule has 0 aromatic heterocycles. The normalized spacial score (nSPS) is 11.7. The smallest absolute Gasteiger partial charge is 0.261 e. The van der Waals surface area contributed by atoms with E-state index in [4.69, 9.17) is 27.9 Å². The van der Waals surface area contributed by atoms with Crippen molar-refractivity contribution in [3.8, 4) is 5.75 Å². The Morgan fingerprint density at radius 1 is 1.07 bits per heavy atom. The molecule has 2 aromatic carbocycles. The SMILES string of the molecule is CCNC(=O)[C@@H](CC)N(Cc1ccc(Cl)c(Cl)c1)C(=O)COc1cc(C)ccc1C. The van der Waals surface area contributed by atoms with Crippen LogP contribution >= 0.6 is 23.2 Å². The summed E-state index contributed by atoms with van der Waals surface area (Å²) in [5.74, 6) is 0.184. The number of nitrogens with zero attached hydrogens (tertiary/aromatic N) is 1. The predicted octanol–water partition coefficient (Wildman–Crippen LogP) is 4.93. The Hall–Kier alpha value is -2.24. The van der Waals surface area contributed by atoms with Gasteiger partial charge in [-0.3, -0.25) is 9.59 Å². The van der Waals surface area contributed by atoms with Gasteiger partial charge in [-0.25, -0.2) is 0 Å². The summed E-state index contributed by atoms with van der Waals surface area (Å²) in [4.78, 5) is 27.3. The molecule has 2 aromatic rings. The second-order valence-electron chi connectivity index (χ2n) is 7.15. The Balaban J connectivity index is 2.25. The minimum atomic E-state index is -0.617. The van der Waals surface area contributed by atoms with Crippen molar-refractivity contribution in [3.05, 3.63) is 63.1 Å². The highest BCUT2D eigenvalue weighted by atomic mass is 35.5. The molecule has 7 heteroatoms. The van der Waals surface area contributed by atoms with Crippen LogP contribution in [-0.4, -0.2) is 35.9 Å². The molecule has 0 spiro atoms. The first kappa shape index (κ1) is 24.0. The maximum atomic E-state index is 13.1. The summed E-state index contributed by atoms with van der Waals surface area (Å²) in [5.41, 5.74) is 2.77. The zero-order valence-corrected chi connectivity index (χ0v) is 19.3. The van der Waals surface area contributed by atoms with Crippen LogP contribution in [0.3, 0.4) is 0 Å². The van der Waals surface area contributed by atoms with Gasteiger partial charge < -0.3 is 15.0 Å². The van der Waals surface area contributed by atoms with Crippen LogP contribution in [0.1, 0.15) is 37.0 Å². The van der Waals surface area contributed by atoms with Gasteiger partial charge in [-0.15, -0.1) is 0 Å². The number of halogens is 2. The van der Waals surface area contributed by atoms with Gasteiger partial charge in [0.15, 0.2) is 6.61 Å². The first-order chi connectivity index (χ1) is 14.3. The van der Waals surface area contributed by atoms with Crippen LogP contribution in [-0.2, 0) is 16.1 Å². The summed E-state index contributed by atoms with van der Waals surface area (Å²) in [7, 11) is 0. The largest absolute Gasteiger partial charge is 0.483 e. The summed E-state index contributed by atoms with van der Waals surface area (Å²) in [6, 6.07) is 10.4. The van der Waals surface area contributed by atoms with Gasteiger partial charge in [0.05, 0.1) is 10.0 Å². The lowest BCUT2D eigenvalue weighted by Gasteiger charge is -2.30. The van der Waals surface area contributed by atoms with Gasteiger partial charge in [-0.1, -0.05) is 48.3 Å². The molecular weight excluding hydrogens is 423 g/mol. The standard InChI is InChI=1S/C23H28Cl2N2O3/c1-5-20(23(29)26-6-2)27(13-17-9-10-18(24)19(25)12-17)22(28)14-30-21-11-15(3)7-8-16(21)4/h7-12,20H,5-6,13-14H2,1-4H3,(H,26,29)/t20-/m1/s1. The van der Waals surface area contributed by atoms with E-state index < -0.39 is 6.04 Å². The fraction of sp³-hybridized carbons (Fsp3) is 0.391. The van der Waals surface area contributed by atoms with E-state index in [0.29, 0.717) is 28.8 Å². The molecule has 1 N–H and O–H groups in total. The van der Waals surface area contributed by atoms with E-state index in [1.807, 2.05) is 45.9 Å². The summed E-state index contributed by atoms with van der Waals surface area (Å²) >= 11 is 12.1. The molecule has 162 valence electrons. The highest BCUT2D eigenvalue weighted by molar-refractivity contribution is 6.42. The summed E-state index contributed by atoms with van der Waals surface area (Å²) in [6.45, 7) is 8.16. The Bertz CT molecular complexity index is 902. The highest BCUT2D eigenvalue weighted by Gasteiger charge is 2.28. The molecule has 0 unspecified atom stereocenters. The van der Waals surface area contributed by atoms with Gasteiger partial charge in [0.25, 0.3) is 5.91 Å². The van der Waals surface area contributed by atoms with Crippen molar-refractivity contribution >= 4 is 35.0 Å². The minimum absolute atomic E-state index is 0.165. The molecule has 0 aliphatic heterocycles. The lowest BCUT2D eigenvalue weighted by molar-refractivity contribution is -0.142. The molecule has 0 heterocycles. The average Bonchev–Trinajstić information content (AvgIpc) is 2.71. The van der Waals surface area contributed by atoms with E-state index in [1.165, 1.54) is 4.90 Å². The quantitative estimate of drug-likeness (QED) is 0.588. The van der Waals surface area contributed by atoms with Crippen molar-refractivity contribution in [2.45, 2.75) is 46.7 Å². The molecule has 0 aliphatic rings. The number of ether oxygens (including phenoxy) is 1. The van der Waals surface area contributed by atoms with Crippen molar-refractivity contribution in [1.82, 2.24) is 10.2 Å². The van der Waals surface area contributed by atoms with Crippen molar-refractivity contribution in [2.24, 2.45) is 0 Å². The molecule has 0 fully saturated rings. The Labute approximate surface area is 188 Å². The lowest BCUT2D eigenvalue weighted by Crippen LogP contribution is -2.50. The number of aryl methyl sites for hydroxylation is 2. The molecule has 0 bridgehead atoms. The van der Waals surface area contributed by atoms with E-state index in [1.54, 1.807) is 18.2 Å². The van der Waals surface area contributed by atoms with E-state index in [9.17, 15) is 9.59 Å². The third kappa shape index (κ3) is 6.38. The second kappa shape index (κ2) is 11.2. The van der Waals surface area contributed by atoms with Crippen LogP contribution in [0.25, 0.3) is 0 Å². The number of carbonyl (C=O) groups is 2. The molecule has 0 aliphatic carbocycles. The first-order valence-electron chi connectivity index (χ1n) is 9.97. The fourth-order valence-corrected chi connectivity index (χ4v) is 3.45. The summed E-state index contributed by atoms with van der Waals surface area (Å²) in [6.07, 6.45) is 0.475. The maximum absolute atomic E-state index is 13.1. The average molecular weight is 451 g/mol. The molecule has 2 amide bonds. The van der Waals surface area contributed by atoms with Crippen LogP contribution in [0.2, 0.25) is 10.0 Å². The Morgan fingerprint density at radius 3 is 2.43 bits per heavy atom. The van der Waals surface area contributed by atoms with Gasteiger partial charge in [-0.05, 0) is 62.1 Å². The van der Waals surface area contributed by atoms with E-state index >= 15 is 0 Å². The molecular formula is C23H28Cl2N2O3. The van der Waals surface area contributed by atoms with Gasteiger partial charge in [0.1, 0.15) is 11.8 Å². The van der Waals surface area contributed by atoms with Crippen LogP contribution < -0.4 is 10.1 Å². The Kier molecular flexibility index (Phi) is 9.00. The third-order valence-electron chi connectivity index (χ3n) is 4.77. The predicted molar refractivity (Wildman–Crippen MR) is 121 cm³/mol. The molecule has 0 saturated carbocycles. The van der Waals surface area contributed by atoms with Gasteiger partial charge >= 0.3 is 0 Å². The van der Waals surface area contributed by atoms with Gasteiger partial charge in [0.2, 0.25) is 5.91 Å². The molecule has 30 heavy (non-hydrogen) atoms. The monoisotopic (exact) mass is 450 g/mol. The molecule has 2 rings (SSSR count). The number of carbonyl (C=O) groups excluding carboxylic acids is 2. The van der Waals surface area contributed by atoms with Crippen molar-refractivity contribution in [3.63, 3.8) is 0 Å². The number of hydrogen-bond acceptors (Lipinski definition) is 3. The van der Waals surface area contributed by atoms with E-state index in [0.717, 1.165) is 16.7 Å². The summed E-state index contributed by atoms with van der Waals surface area (Å²) in [5, 5.41) is 3.65. The van der Waals surface area contributed by atoms with Crippen molar-refractivity contribution in [2.75, 3.05) is 13.2 Å². The number of amides is 2. The zero-order valence-electron chi connectivity index (χ0n) is 17.8. The first-order valence-corrected chi connectivity index (χ1v) is 10.7. The number of rotatable bonds is 9. The second-order valence-corrected chi connectivity index (χ2v) is 7.96. The lowest BCUT2D eigenvalue weighted by atomic mass is 10.1. The van der Waals surface area contributed by atoms with Crippen LogP contribution in [0.4, 0.5) is 0 Å². The number of likely N-dealkylation sites (N-methyl/N-ethyl adjacent to an activating group) is 1. The third-order valence-corrected chi connectivity index (χ3v) is 5.51. The molecule has 0 radical (unpaired) electrons. The molecule has 5 nitrogen and oxygen atoms in total. The maximum Gasteiger partial charge on any atom is 0.261 e.